The second kappa shape index (κ2) is 4.29. The highest BCUT2D eigenvalue weighted by molar-refractivity contribution is 5.52. The molecule has 0 amide bonds. The van der Waals surface area contributed by atoms with Gasteiger partial charge in [0.25, 0.3) is 0 Å². The average Bonchev–Trinajstić information content (AvgIpc) is 2.27. The van der Waals surface area contributed by atoms with Crippen LogP contribution in [0.3, 0.4) is 0 Å². The number of hydrogen-bond donors (Lipinski definition) is 1. The van der Waals surface area contributed by atoms with E-state index in [0.717, 1.165) is 31.2 Å². The largest absolute Gasteiger partial charge is 0.493 e. The van der Waals surface area contributed by atoms with Crippen LogP contribution in [-0.4, -0.2) is 37.3 Å². The molecule has 1 aliphatic rings. The van der Waals surface area contributed by atoms with Gasteiger partial charge >= 0.3 is 0 Å². The van der Waals surface area contributed by atoms with Gasteiger partial charge in [-0.15, -0.1) is 0 Å². The van der Waals surface area contributed by atoms with Crippen LogP contribution in [-0.2, 0) is 0 Å². The third-order valence-electron chi connectivity index (χ3n) is 2.84. The number of piperazine rings is 1. The molecule has 0 aliphatic carbocycles. The first-order valence-electron chi connectivity index (χ1n) is 5.61. The lowest BCUT2D eigenvalue weighted by atomic mass is 10.0. The Morgan fingerprint density at radius 3 is 3.00 bits per heavy atom. The van der Waals surface area contributed by atoms with Crippen molar-refractivity contribution in [3.63, 3.8) is 0 Å². The zero-order valence-electron chi connectivity index (χ0n) is 10.2. The number of nitrogens with one attached hydrogen (secondary N) is 1. The molecule has 1 N–H and O–H groups in total. The van der Waals surface area contributed by atoms with E-state index in [0.29, 0.717) is 0 Å². The fraction of sp³-hybridized carbons (Fsp3) is 0.583. The van der Waals surface area contributed by atoms with Crippen LogP contribution in [0.15, 0.2) is 18.3 Å². The lowest BCUT2D eigenvalue weighted by Gasteiger charge is -2.40. The molecule has 4 heteroatoms. The molecule has 2 heterocycles. The number of rotatable bonds is 2. The van der Waals surface area contributed by atoms with Crippen molar-refractivity contribution in [1.29, 1.82) is 0 Å². The number of hydrogen-bond acceptors (Lipinski definition) is 4. The van der Waals surface area contributed by atoms with Crippen molar-refractivity contribution in [2.24, 2.45) is 0 Å². The molecular weight excluding hydrogens is 202 g/mol. The number of aromatic nitrogens is 1. The summed E-state index contributed by atoms with van der Waals surface area (Å²) in [5.74, 6) is 1.79. The normalized spacial score (nSPS) is 19.6. The summed E-state index contributed by atoms with van der Waals surface area (Å²) in [5, 5.41) is 3.49. The topological polar surface area (TPSA) is 37.4 Å². The molecule has 0 radical (unpaired) electrons. The first-order valence-corrected chi connectivity index (χ1v) is 5.61. The molecule has 1 aromatic heterocycles. The third-order valence-corrected chi connectivity index (χ3v) is 2.84. The Labute approximate surface area is 96.6 Å². The molecule has 88 valence electrons. The second-order valence-electron chi connectivity index (χ2n) is 4.76. The van der Waals surface area contributed by atoms with E-state index in [1.807, 2.05) is 18.3 Å². The Morgan fingerprint density at radius 1 is 1.50 bits per heavy atom. The number of ether oxygens (including phenoxy) is 1. The average molecular weight is 221 g/mol. The summed E-state index contributed by atoms with van der Waals surface area (Å²) >= 11 is 0. The van der Waals surface area contributed by atoms with Gasteiger partial charge in [-0.25, -0.2) is 4.98 Å². The minimum Gasteiger partial charge on any atom is -0.493 e. The zero-order chi connectivity index (χ0) is 11.6. The maximum absolute atomic E-state index is 5.34. The molecular formula is C12H19N3O. The summed E-state index contributed by atoms with van der Waals surface area (Å²) in [6.07, 6.45) is 1.81. The third kappa shape index (κ3) is 2.27. The first-order chi connectivity index (χ1) is 7.62. The molecule has 0 atom stereocenters. The van der Waals surface area contributed by atoms with E-state index in [-0.39, 0.29) is 5.54 Å². The second-order valence-corrected chi connectivity index (χ2v) is 4.76. The maximum Gasteiger partial charge on any atom is 0.171 e. The van der Waals surface area contributed by atoms with Crippen LogP contribution in [0.1, 0.15) is 13.8 Å². The minimum absolute atomic E-state index is 0.126. The van der Waals surface area contributed by atoms with Crippen molar-refractivity contribution < 1.29 is 4.74 Å². The summed E-state index contributed by atoms with van der Waals surface area (Å²) in [5.41, 5.74) is 0.126. The summed E-state index contributed by atoms with van der Waals surface area (Å²) in [6.45, 7) is 7.30. The summed E-state index contributed by atoms with van der Waals surface area (Å²) in [4.78, 5) is 6.69. The Balaban J connectivity index is 2.23. The van der Waals surface area contributed by atoms with E-state index in [4.69, 9.17) is 4.74 Å². The summed E-state index contributed by atoms with van der Waals surface area (Å²) in [7, 11) is 1.69. The van der Waals surface area contributed by atoms with E-state index >= 15 is 0 Å². The standard InChI is InChI=1S/C12H19N3O/c1-12(2)9-15(8-7-14-12)11-10(16-3)5-4-6-13-11/h4-6,14H,7-9H2,1-3H3. The van der Waals surface area contributed by atoms with Crippen LogP contribution in [0.2, 0.25) is 0 Å². The maximum atomic E-state index is 5.34. The highest BCUT2D eigenvalue weighted by atomic mass is 16.5. The molecule has 0 unspecified atom stereocenters. The summed E-state index contributed by atoms with van der Waals surface area (Å²) < 4.78 is 5.34. The van der Waals surface area contributed by atoms with Crippen LogP contribution in [0.25, 0.3) is 0 Å². The Bertz CT molecular complexity index is 365. The van der Waals surface area contributed by atoms with Gasteiger partial charge < -0.3 is 15.0 Å². The van der Waals surface area contributed by atoms with E-state index in [2.05, 4.69) is 29.0 Å². The Kier molecular flexibility index (Phi) is 3.01. The molecule has 0 aromatic carbocycles. The van der Waals surface area contributed by atoms with Crippen LogP contribution in [0.5, 0.6) is 5.75 Å². The molecule has 1 saturated heterocycles. The fourth-order valence-corrected chi connectivity index (χ4v) is 2.10. The number of pyridine rings is 1. The van der Waals surface area contributed by atoms with Crippen molar-refractivity contribution in [2.45, 2.75) is 19.4 Å². The molecule has 4 nitrogen and oxygen atoms in total. The fourth-order valence-electron chi connectivity index (χ4n) is 2.10. The molecule has 1 fully saturated rings. The van der Waals surface area contributed by atoms with Crippen LogP contribution in [0.4, 0.5) is 5.82 Å². The van der Waals surface area contributed by atoms with Crippen molar-refractivity contribution >= 4 is 5.82 Å². The van der Waals surface area contributed by atoms with Gasteiger partial charge in [0.15, 0.2) is 11.6 Å². The van der Waals surface area contributed by atoms with Gasteiger partial charge in [-0.3, -0.25) is 0 Å². The molecule has 0 saturated carbocycles. The van der Waals surface area contributed by atoms with Gasteiger partial charge in [0.2, 0.25) is 0 Å². The van der Waals surface area contributed by atoms with Gasteiger partial charge in [-0.1, -0.05) is 0 Å². The predicted molar refractivity (Wildman–Crippen MR) is 65.1 cm³/mol. The highest BCUT2D eigenvalue weighted by Gasteiger charge is 2.27. The van der Waals surface area contributed by atoms with Crippen LogP contribution < -0.4 is 15.0 Å². The lowest BCUT2D eigenvalue weighted by molar-refractivity contribution is 0.347. The van der Waals surface area contributed by atoms with E-state index in [1.165, 1.54) is 0 Å². The van der Waals surface area contributed by atoms with Crippen molar-refractivity contribution in [2.75, 3.05) is 31.6 Å². The van der Waals surface area contributed by atoms with Gasteiger partial charge in [-0.2, -0.15) is 0 Å². The van der Waals surface area contributed by atoms with Crippen molar-refractivity contribution in [3.05, 3.63) is 18.3 Å². The van der Waals surface area contributed by atoms with Gasteiger partial charge in [0.05, 0.1) is 7.11 Å². The SMILES string of the molecule is COc1cccnc1N1CCNC(C)(C)C1. The monoisotopic (exact) mass is 221 g/mol. The first kappa shape index (κ1) is 11.2. The van der Waals surface area contributed by atoms with Gasteiger partial charge in [-0.05, 0) is 26.0 Å². The number of methoxy groups -OCH3 is 1. The van der Waals surface area contributed by atoms with Gasteiger partial charge in [0.1, 0.15) is 0 Å². The predicted octanol–water partition coefficient (Wildman–Crippen LogP) is 1.28. The smallest absolute Gasteiger partial charge is 0.171 e. The molecule has 0 spiro atoms. The molecule has 2 rings (SSSR count). The zero-order valence-corrected chi connectivity index (χ0v) is 10.2. The Morgan fingerprint density at radius 2 is 2.31 bits per heavy atom. The van der Waals surface area contributed by atoms with E-state index < -0.39 is 0 Å². The van der Waals surface area contributed by atoms with Crippen LogP contribution in [0, 0.1) is 0 Å². The van der Waals surface area contributed by atoms with Crippen molar-refractivity contribution in [1.82, 2.24) is 10.3 Å². The number of nitrogens with zero attached hydrogens (tertiary/aromatic N) is 2. The lowest BCUT2D eigenvalue weighted by Crippen LogP contribution is -2.57. The Hall–Kier alpha value is -1.29. The number of anilines is 1. The highest BCUT2D eigenvalue weighted by Crippen LogP contribution is 2.27. The van der Waals surface area contributed by atoms with Crippen LogP contribution >= 0.6 is 0 Å². The van der Waals surface area contributed by atoms with Crippen molar-refractivity contribution in [3.8, 4) is 5.75 Å². The van der Waals surface area contributed by atoms with E-state index in [1.54, 1.807) is 7.11 Å². The van der Waals surface area contributed by atoms with Gasteiger partial charge in [0, 0.05) is 31.4 Å². The van der Waals surface area contributed by atoms with E-state index in [9.17, 15) is 0 Å². The summed E-state index contributed by atoms with van der Waals surface area (Å²) in [6, 6.07) is 3.85. The molecule has 1 aromatic rings. The molecule has 16 heavy (non-hydrogen) atoms. The molecule has 0 bridgehead atoms. The molecule has 1 aliphatic heterocycles. The minimum atomic E-state index is 0.126. The quantitative estimate of drug-likeness (QED) is 0.816.